The van der Waals surface area contributed by atoms with Gasteiger partial charge in [0.05, 0.1) is 18.8 Å². The second-order valence-electron chi connectivity index (χ2n) is 5.51. The van der Waals surface area contributed by atoms with Crippen molar-refractivity contribution in [2.24, 2.45) is 0 Å². The molecule has 0 amide bonds. The Balaban J connectivity index is 1.50. The lowest BCUT2D eigenvalue weighted by Gasteiger charge is -2.10. The van der Waals surface area contributed by atoms with Crippen LogP contribution in [0.2, 0.25) is 0 Å². The number of esters is 1. The molecule has 0 N–H and O–H groups in total. The smallest absolute Gasteiger partial charge is 0.338 e. The Bertz CT molecular complexity index is 693. The van der Waals surface area contributed by atoms with Gasteiger partial charge in [-0.2, -0.15) is 0 Å². The predicted molar refractivity (Wildman–Crippen MR) is 89.0 cm³/mol. The largest absolute Gasteiger partial charge is 0.490 e. The van der Waals surface area contributed by atoms with Gasteiger partial charge in [-0.3, -0.25) is 0 Å². The van der Waals surface area contributed by atoms with E-state index in [0.29, 0.717) is 36.9 Å². The second kappa shape index (κ2) is 7.73. The molecule has 1 aliphatic heterocycles. The van der Waals surface area contributed by atoms with E-state index in [0.717, 1.165) is 12.2 Å². The highest BCUT2D eigenvalue weighted by Gasteiger charge is 2.14. The van der Waals surface area contributed by atoms with Crippen molar-refractivity contribution in [1.29, 1.82) is 0 Å². The van der Waals surface area contributed by atoms with Crippen LogP contribution in [0.25, 0.3) is 0 Å². The van der Waals surface area contributed by atoms with E-state index in [1.807, 2.05) is 31.2 Å². The van der Waals surface area contributed by atoms with Gasteiger partial charge in [0.1, 0.15) is 19.0 Å². The van der Waals surface area contributed by atoms with Crippen molar-refractivity contribution in [3.05, 3.63) is 53.6 Å². The Labute approximate surface area is 141 Å². The molecule has 0 unspecified atom stereocenters. The van der Waals surface area contributed by atoms with Crippen molar-refractivity contribution in [3.63, 3.8) is 0 Å². The zero-order chi connectivity index (χ0) is 16.8. The maximum Gasteiger partial charge on any atom is 0.338 e. The standard InChI is InChI=1S/C19H20O5/c1-14-3-6-16(7-4-14)21-11-12-24-19(20)15-5-8-17-18(13-15)23-10-2-9-22-17/h3-8,13H,2,9-12H2,1H3. The van der Waals surface area contributed by atoms with Crippen molar-refractivity contribution in [2.75, 3.05) is 26.4 Å². The molecular weight excluding hydrogens is 308 g/mol. The number of rotatable bonds is 5. The summed E-state index contributed by atoms with van der Waals surface area (Å²) >= 11 is 0. The second-order valence-corrected chi connectivity index (χ2v) is 5.51. The number of carbonyl (C=O) groups excluding carboxylic acids is 1. The Morgan fingerprint density at radius 3 is 2.54 bits per heavy atom. The van der Waals surface area contributed by atoms with Crippen molar-refractivity contribution >= 4 is 5.97 Å². The van der Waals surface area contributed by atoms with Gasteiger partial charge in [-0.25, -0.2) is 4.79 Å². The quantitative estimate of drug-likeness (QED) is 0.622. The highest BCUT2D eigenvalue weighted by atomic mass is 16.6. The van der Waals surface area contributed by atoms with Crippen LogP contribution in [0.4, 0.5) is 0 Å². The molecule has 126 valence electrons. The molecule has 2 aromatic rings. The van der Waals surface area contributed by atoms with E-state index < -0.39 is 5.97 Å². The summed E-state index contributed by atoms with van der Waals surface area (Å²) in [7, 11) is 0. The molecule has 0 aliphatic carbocycles. The molecule has 1 aliphatic rings. The molecule has 0 atom stereocenters. The van der Waals surface area contributed by atoms with Crippen molar-refractivity contribution in [1.82, 2.24) is 0 Å². The summed E-state index contributed by atoms with van der Waals surface area (Å²) in [6, 6.07) is 12.8. The van der Waals surface area contributed by atoms with E-state index in [1.165, 1.54) is 5.56 Å². The summed E-state index contributed by atoms with van der Waals surface area (Å²) in [5.74, 6) is 1.59. The minimum atomic E-state index is -0.404. The van der Waals surface area contributed by atoms with Crippen molar-refractivity contribution in [3.8, 4) is 17.2 Å². The third-order valence-electron chi connectivity index (χ3n) is 3.59. The highest BCUT2D eigenvalue weighted by molar-refractivity contribution is 5.90. The van der Waals surface area contributed by atoms with Gasteiger partial charge in [0.2, 0.25) is 0 Å². The van der Waals surface area contributed by atoms with E-state index in [1.54, 1.807) is 18.2 Å². The van der Waals surface area contributed by atoms with E-state index in [2.05, 4.69) is 0 Å². The summed E-state index contributed by atoms with van der Waals surface area (Å²) in [5.41, 5.74) is 1.61. The van der Waals surface area contributed by atoms with E-state index >= 15 is 0 Å². The maximum absolute atomic E-state index is 12.1. The first kappa shape index (κ1) is 16.2. The summed E-state index contributed by atoms with van der Waals surface area (Å²) in [6.45, 7) is 3.70. The topological polar surface area (TPSA) is 54.0 Å². The fourth-order valence-corrected chi connectivity index (χ4v) is 2.30. The molecule has 5 heteroatoms. The van der Waals surface area contributed by atoms with Crippen LogP contribution in [0.3, 0.4) is 0 Å². The maximum atomic E-state index is 12.1. The summed E-state index contributed by atoms with van der Waals surface area (Å²) in [5, 5.41) is 0. The van der Waals surface area contributed by atoms with Gasteiger partial charge < -0.3 is 18.9 Å². The van der Waals surface area contributed by atoms with Crippen LogP contribution in [-0.4, -0.2) is 32.4 Å². The Morgan fingerprint density at radius 1 is 1.00 bits per heavy atom. The monoisotopic (exact) mass is 328 g/mol. The lowest BCUT2D eigenvalue weighted by atomic mass is 10.2. The molecule has 1 heterocycles. The molecule has 2 aromatic carbocycles. The highest BCUT2D eigenvalue weighted by Crippen LogP contribution is 2.30. The number of hydrogen-bond donors (Lipinski definition) is 0. The third kappa shape index (κ3) is 4.19. The van der Waals surface area contributed by atoms with Gasteiger partial charge in [-0.05, 0) is 37.3 Å². The van der Waals surface area contributed by atoms with E-state index in [4.69, 9.17) is 18.9 Å². The van der Waals surface area contributed by atoms with Gasteiger partial charge in [-0.1, -0.05) is 17.7 Å². The first-order chi connectivity index (χ1) is 11.7. The van der Waals surface area contributed by atoms with Gasteiger partial charge in [-0.15, -0.1) is 0 Å². The molecule has 24 heavy (non-hydrogen) atoms. The lowest BCUT2D eigenvalue weighted by Crippen LogP contribution is -2.12. The molecule has 3 rings (SSSR count). The van der Waals surface area contributed by atoms with Crippen molar-refractivity contribution in [2.45, 2.75) is 13.3 Å². The molecule has 0 saturated heterocycles. The molecule has 0 spiro atoms. The molecule has 0 saturated carbocycles. The number of carbonyl (C=O) groups is 1. The summed E-state index contributed by atoms with van der Waals surface area (Å²) in [4.78, 5) is 12.1. The van der Waals surface area contributed by atoms with Crippen LogP contribution in [-0.2, 0) is 4.74 Å². The number of benzene rings is 2. The Hall–Kier alpha value is -2.69. The fraction of sp³-hybridized carbons (Fsp3) is 0.316. The van der Waals surface area contributed by atoms with Gasteiger partial charge >= 0.3 is 5.97 Å². The molecule has 0 aromatic heterocycles. The minimum absolute atomic E-state index is 0.182. The molecule has 5 nitrogen and oxygen atoms in total. The number of hydrogen-bond acceptors (Lipinski definition) is 5. The van der Waals surface area contributed by atoms with Crippen LogP contribution in [0.1, 0.15) is 22.3 Å². The average Bonchev–Trinajstić information content (AvgIpc) is 2.84. The molecule has 0 radical (unpaired) electrons. The normalized spacial score (nSPS) is 13.0. The van der Waals surface area contributed by atoms with Gasteiger partial charge in [0.15, 0.2) is 11.5 Å². The molecule has 0 fully saturated rings. The molecule has 0 bridgehead atoms. The molecular formula is C19H20O5. The zero-order valence-corrected chi connectivity index (χ0v) is 13.6. The first-order valence-corrected chi connectivity index (χ1v) is 7.98. The van der Waals surface area contributed by atoms with Crippen LogP contribution in [0.15, 0.2) is 42.5 Å². The van der Waals surface area contributed by atoms with Crippen LogP contribution in [0.5, 0.6) is 17.2 Å². The number of aryl methyl sites for hydroxylation is 1. The van der Waals surface area contributed by atoms with Crippen molar-refractivity contribution < 1.29 is 23.7 Å². The first-order valence-electron chi connectivity index (χ1n) is 7.98. The summed E-state index contributed by atoms with van der Waals surface area (Å²) in [6.07, 6.45) is 0.824. The number of ether oxygens (including phenoxy) is 4. The predicted octanol–water partition coefficient (Wildman–Crippen LogP) is 3.39. The minimum Gasteiger partial charge on any atom is -0.490 e. The van der Waals surface area contributed by atoms with Gasteiger partial charge in [0.25, 0.3) is 0 Å². The van der Waals surface area contributed by atoms with E-state index in [-0.39, 0.29) is 6.61 Å². The van der Waals surface area contributed by atoms with Crippen LogP contribution >= 0.6 is 0 Å². The van der Waals surface area contributed by atoms with E-state index in [9.17, 15) is 4.79 Å². The number of fused-ring (bicyclic) bond motifs is 1. The van der Waals surface area contributed by atoms with Crippen LogP contribution < -0.4 is 14.2 Å². The summed E-state index contributed by atoms with van der Waals surface area (Å²) < 4.78 is 21.9. The lowest BCUT2D eigenvalue weighted by molar-refractivity contribution is 0.0450. The van der Waals surface area contributed by atoms with Gasteiger partial charge in [0, 0.05) is 6.42 Å². The Morgan fingerprint density at radius 2 is 1.75 bits per heavy atom. The third-order valence-corrected chi connectivity index (χ3v) is 3.59. The average molecular weight is 328 g/mol. The SMILES string of the molecule is Cc1ccc(OCCOC(=O)c2ccc3c(c2)OCCCO3)cc1. The fourth-order valence-electron chi connectivity index (χ4n) is 2.30. The zero-order valence-electron chi connectivity index (χ0n) is 13.6. The Kier molecular flexibility index (Phi) is 5.21. The van der Waals surface area contributed by atoms with Crippen LogP contribution in [0, 0.1) is 6.92 Å².